The van der Waals surface area contributed by atoms with E-state index in [1.165, 1.54) is 16.9 Å². The highest BCUT2D eigenvalue weighted by Gasteiger charge is 2.52. The van der Waals surface area contributed by atoms with Crippen LogP contribution in [0.25, 0.3) is 0 Å². The molecular formula is C23H30N2O7. The number of carbonyl (C=O) groups is 3. The average Bonchev–Trinajstić information content (AvgIpc) is 3.31. The van der Waals surface area contributed by atoms with Crippen molar-refractivity contribution < 1.29 is 34.1 Å². The molecule has 1 aromatic rings. The molecule has 9 nitrogen and oxygen atoms in total. The third kappa shape index (κ3) is 4.49. The van der Waals surface area contributed by atoms with Crippen molar-refractivity contribution in [3.05, 3.63) is 35.9 Å². The fourth-order valence-corrected chi connectivity index (χ4v) is 4.11. The van der Waals surface area contributed by atoms with Gasteiger partial charge in [0.15, 0.2) is 5.60 Å². The lowest BCUT2D eigenvalue weighted by Gasteiger charge is -2.28. The average molecular weight is 447 g/mol. The zero-order valence-corrected chi connectivity index (χ0v) is 18.5. The van der Waals surface area contributed by atoms with Gasteiger partial charge in [-0.15, -0.1) is 0 Å². The molecule has 0 bridgehead atoms. The standard InChI is InChI=1S/C23H30N2O7/c1-16(7-4-6-13-26)23(30)18-15-17(24-12-14-32-22(24)29)9-10-19(18)25(21(23)28)11-5-3-8-20(27)31-2/h4,7,9-10,15-16,26,30H,3,5-6,8,11-14H2,1-2H3/b7-4+/t16-,23+/m1/s1. The van der Waals surface area contributed by atoms with Gasteiger partial charge in [-0.05, 0) is 37.5 Å². The molecule has 2 N–H and O–H groups in total. The molecule has 0 radical (unpaired) electrons. The summed E-state index contributed by atoms with van der Waals surface area (Å²) >= 11 is 0. The van der Waals surface area contributed by atoms with Gasteiger partial charge in [0.2, 0.25) is 0 Å². The largest absolute Gasteiger partial charge is 0.469 e. The van der Waals surface area contributed by atoms with Crippen molar-refractivity contribution in [3.8, 4) is 0 Å². The molecule has 2 aliphatic rings. The monoisotopic (exact) mass is 446 g/mol. The Hall–Kier alpha value is -2.91. The van der Waals surface area contributed by atoms with Crippen LogP contribution in [-0.2, 0) is 24.7 Å². The molecule has 0 aromatic heterocycles. The van der Waals surface area contributed by atoms with Crippen molar-refractivity contribution in [1.29, 1.82) is 0 Å². The number of rotatable bonds is 10. The SMILES string of the molecule is COC(=O)CCCCN1C(=O)[C@](O)([C@H](C)/C=C/CCO)c2cc(N3CCOC3=O)ccc21. The number of carbonyl (C=O) groups excluding carboxylic acids is 3. The lowest BCUT2D eigenvalue weighted by atomic mass is 9.82. The molecule has 1 fully saturated rings. The first-order chi connectivity index (χ1) is 15.3. The number of methoxy groups -OCH3 is 1. The number of aliphatic hydroxyl groups is 2. The summed E-state index contributed by atoms with van der Waals surface area (Å²) in [5, 5.41) is 20.7. The van der Waals surface area contributed by atoms with Crippen LogP contribution in [0, 0.1) is 5.92 Å². The Morgan fingerprint density at radius 3 is 2.78 bits per heavy atom. The second kappa shape index (κ2) is 10.1. The van der Waals surface area contributed by atoms with Crippen molar-refractivity contribution in [2.75, 3.05) is 43.2 Å². The first kappa shape index (κ1) is 23.7. The van der Waals surface area contributed by atoms with Crippen molar-refractivity contribution in [1.82, 2.24) is 0 Å². The number of nitrogens with zero attached hydrogens (tertiary/aromatic N) is 2. The number of hydrogen-bond donors (Lipinski definition) is 2. The normalized spacial score (nSPS) is 21.2. The Morgan fingerprint density at radius 2 is 2.12 bits per heavy atom. The van der Waals surface area contributed by atoms with Gasteiger partial charge >= 0.3 is 12.1 Å². The number of aliphatic hydroxyl groups excluding tert-OH is 1. The van der Waals surface area contributed by atoms with Crippen LogP contribution < -0.4 is 9.80 Å². The minimum Gasteiger partial charge on any atom is -0.469 e. The van der Waals surface area contributed by atoms with Gasteiger partial charge in [-0.25, -0.2) is 4.79 Å². The first-order valence-electron chi connectivity index (χ1n) is 10.8. The van der Waals surface area contributed by atoms with Gasteiger partial charge in [-0.2, -0.15) is 0 Å². The van der Waals surface area contributed by atoms with Crippen LogP contribution in [0.4, 0.5) is 16.2 Å². The van der Waals surface area contributed by atoms with Crippen LogP contribution in [0.1, 0.15) is 38.2 Å². The van der Waals surface area contributed by atoms with E-state index in [2.05, 4.69) is 4.74 Å². The topological polar surface area (TPSA) is 117 Å². The number of amides is 2. The molecule has 32 heavy (non-hydrogen) atoms. The lowest BCUT2D eigenvalue weighted by molar-refractivity contribution is -0.140. The minimum absolute atomic E-state index is 0.0281. The molecule has 2 heterocycles. The molecule has 2 aliphatic heterocycles. The number of anilines is 2. The molecule has 1 aromatic carbocycles. The minimum atomic E-state index is -1.82. The number of cyclic esters (lactones) is 1. The van der Waals surface area contributed by atoms with Crippen molar-refractivity contribution in [2.45, 2.75) is 38.2 Å². The van der Waals surface area contributed by atoms with Crippen LogP contribution in [0.5, 0.6) is 0 Å². The maximum atomic E-state index is 13.4. The first-order valence-corrected chi connectivity index (χ1v) is 10.8. The van der Waals surface area contributed by atoms with E-state index >= 15 is 0 Å². The van der Waals surface area contributed by atoms with Gasteiger partial charge in [0, 0.05) is 36.7 Å². The van der Waals surface area contributed by atoms with E-state index in [4.69, 9.17) is 9.84 Å². The Labute approximate surface area is 187 Å². The Kier molecular flexibility index (Phi) is 7.52. The number of esters is 1. The molecule has 1 saturated heterocycles. The molecule has 2 atom stereocenters. The molecule has 0 saturated carbocycles. The maximum absolute atomic E-state index is 13.4. The summed E-state index contributed by atoms with van der Waals surface area (Å²) < 4.78 is 9.67. The van der Waals surface area contributed by atoms with Crippen molar-refractivity contribution in [3.63, 3.8) is 0 Å². The van der Waals surface area contributed by atoms with Crippen molar-refractivity contribution >= 4 is 29.3 Å². The van der Waals surface area contributed by atoms with E-state index in [0.29, 0.717) is 49.3 Å². The van der Waals surface area contributed by atoms with Gasteiger partial charge in [0.1, 0.15) is 6.61 Å². The molecular weight excluding hydrogens is 416 g/mol. The summed E-state index contributed by atoms with van der Waals surface area (Å²) in [6, 6.07) is 5.14. The second-order valence-electron chi connectivity index (χ2n) is 7.95. The van der Waals surface area contributed by atoms with Crippen LogP contribution in [0.2, 0.25) is 0 Å². The van der Waals surface area contributed by atoms with Crippen LogP contribution in [0.3, 0.4) is 0 Å². The van der Waals surface area contributed by atoms with E-state index in [0.717, 1.165) is 0 Å². The Bertz CT molecular complexity index is 900. The van der Waals surface area contributed by atoms with Crippen LogP contribution in [-0.4, -0.2) is 61.6 Å². The predicted octanol–water partition coefficient (Wildman–Crippen LogP) is 2.10. The highest BCUT2D eigenvalue weighted by molar-refractivity contribution is 6.08. The summed E-state index contributed by atoms with van der Waals surface area (Å²) in [5.74, 6) is -1.33. The maximum Gasteiger partial charge on any atom is 0.414 e. The summed E-state index contributed by atoms with van der Waals surface area (Å²) in [7, 11) is 1.34. The van der Waals surface area contributed by atoms with Gasteiger partial charge in [0.05, 0.1) is 19.3 Å². The van der Waals surface area contributed by atoms with Crippen molar-refractivity contribution in [2.24, 2.45) is 5.92 Å². The highest BCUT2D eigenvalue weighted by atomic mass is 16.6. The van der Waals surface area contributed by atoms with E-state index in [-0.39, 0.29) is 25.6 Å². The zero-order chi connectivity index (χ0) is 23.3. The third-order valence-electron chi connectivity index (χ3n) is 5.95. The second-order valence-corrected chi connectivity index (χ2v) is 7.95. The van der Waals surface area contributed by atoms with E-state index in [9.17, 15) is 19.5 Å². The zero-order valence-electron chi connectivity index (χ0n) is 18.5. The van der Waals surface area contributed by atoms with E-state index in [1.807, 2.05) is 0 Å². The number of fused-ring (bicyclic) bond motifs is 1. The van der Waals surface area contributed by atoms with Gasteiger partial charge < -0.3 is 24.6 Å². The summed E-state index contributed by atoms with van der Waals surface area (Å²) in [6.07, 6.45) is 4.77. The molecule has 174 valence electrons. The number of unbranched alkanes of at least 4 members (excludes halogenated alkanes) is 1. The molecule has 2 amide bonds. The molecule has 3 rings (SSSR count). The molecule has 9 heteroatoms. The van der Waals surface area contributed by atoms with Gasteiger partial charge in [0.25, 0.3) is 5.91 Å². The Balaban J connectivity index is 1.91. The lowest BCUT2D eigenvalue weighted by Crippen LogP contribution is -2.44. The van der Waals surface area contributed by atoms with E-state index < -0.39 is 23.5 Å². The highest BCUT2D eigenvalue weighted by Crippen LogP contribution is 2.47. The number of benzene rings is 1. The summed E-state index contributed by atoms with van der Waals surface area (Å²) in [6.45, 7) is 2.73. The summed E-state index contributed by atoms with van der Waals surface area (Å²) in [4.78, 5) is 39.8. The molecule has 0 aliphatic carbocycles. The molecule has 0 unspecified atom stereocenters. The number of hydrogen-bond acceptors (Lipinski definition) is 7. The van der Waals surface area contributed by atoms with Crippen LogP contribution in [0.15, 0.2) is 30.4 Å². The molecule has 0 spiro atoms. The van der Waals surface area contributed by atoms with Gasteiger partial charge in [-0.1, -0.05) is 19.1 Å². The fraction of sp³-hybridized carbons (Fsp3) is 0.522. The third-order valence-corrected chi connectivity index (χ3v) is 5.95. The Morgan fingerprint density at radius 1 is 1.34 bits per heavy atom. The van der Waals surface area contributed by atoms with Gasteiger partial charge in [-0.3, -0.25) is 14.5 Å². The quantitative estimate of drug-likeness (QED) is 0.321. The number of ether oxygens (including phenoxy) is 2. The fourth-order valence-electron chi connectivity index (χ4n) is 4.11. The predicted molar refractivity (Wildman–Crippen MR) is 117 cm³/mol. The van der Waals surface area contributed by atoms with E-state index in [1.54, 1.807) is 37.3 Å². The van der Waals surface area contributed by atoms with Crippen LogP contribution >= 0.6 is 0 Å². The smallest absolute Gasteiger partial charge is 0.414 e. The summed E-state index contributed by atoms with van der Waals surface area (Å²) in [5.41, 5.74) is -0.261.